The molecule has 0 fully saturated rings. The van der Waals surface area contributed by atoms with Crippen molar-refractivity contribution in [3.63, 3.8) is 0 Å². The van der Waals surface area contributed by atoms with Crippen molar-refractivity contribution in [1.82, 2.24) is 19.8 Å². The van der Waals surface area contributed by atoms with Crippen LogP contribution in [-0.2, 0) is 0 Å². The van der Waals surface area contributed by atoms with Gasteiger partial charge in [0.05, 0.1) is 0 Å². The number of hydrogen-bond acceptors (Lipinski definition) is 3. The molecule has 0 aliphatic rings. The molecule has 2 rings (SSSR count). The van der Waals surface area contributed by atoms with E-state index in [-0.39, 0.29) is 10.7 Å². The van der Waals surface area contributed by atoms with Crippen molar-refractivity contribution >= 4 is 17.1 Å². The van der Waals surface area contributed by atoms with Gasteiger partial charge in [-0.15, -0.1) is 14.8 Å². The van der Waals surface area contributed by atoms with Gasteiger partial charge in [-0.1, -0.05) is 11.6 Å². The Labute approximate surface area is 72.0 Å². The Balaban J connectivity index is 2.98. The molecule has 0 spiro atoms. The van der Waals surface area contributed by atoms with Gasteiger partial charge >= 0.3 is 0 Å². The molecule has 0 aliphatic heterocycles. The standard InChI is InChI=1S/C6H5ClN4O/c1-3-8-6(12)4-2-5(7)10-11(4)9-3/h2H,1H3,(H,8,9,12). The van der Waals surface area contributed by atoms with Crippen molar-refractivity contribution in [2.75, 3.05) is 0 Å². The lowest BCUT2D eigenvalue weighted by Gasteiger charge is -1.91. The first kappa shape index (κ1) is 7.30. The fourth-order valence-electron chi connectivity index (χ4n) is 0.972. The largest absolute Gasteiger partial charge is 0.307 e. The zero-order valence-electron chi connectivity index (χ0n) is 6.21. The first-order valence-electron chi connectivity index (χ1n) is 3.29. The Morgan fingerprint density at radius 1 is 1.58 bits per heavy atom. The average Bonchev–Trinajstić information content (AvgIpc) is 2.29. The van der Waals surface area contributed by atoms with Crippen LogP contribution in [0.3, 0.4) is 0 Å². The summed E-state index contributed by atoms with van der Waals surface area (Å²) in [5.41, 5.74) is 0.118. The zero-order chi connectivity index (χ0) is 8.72. The molecule has 0 radical (unpaired) electrons. The molecular formula is C6H5ClN4O. The number of aryl methyl sites for hydroxylation is 1. The minimum atomic E-state index is -0.234. The number of fused-ring (bicyclic) bond motifs is 1. The topological polar surface area (TPSA) is 63.1 Å². The fraction of sp³-hybridized carbons (Fsp3) is 0.167. The van der Waals surface area contributed by atoms with Crippen LogP contribution in [-0.4, -0.2) is 19.8 Å². The molecule has 0 aliphatic carbocycles. The molecule has 0 aromatic carbocycles. The van der Waals surface area contributed by atoms with Gasteiger partial charge < -0.3 is 4.98 Å². The van der Waals surface area contributed by atoms with E-state index >= 15 is 0 Å². The molecule has 2 heterocycles. The number of halogens is 1. The van der Waals surface area contributed by atoms with E-state index in [0.29, 0.717) is 11.3 Å². The van der Waals surface area contributed by atoms with Crippen molar-refractivity contribution in [1.29, 1.82) is 0 Å². The van der Waals surface area contributed by atoms with E-state index in [1.54, 1.807) is 6.92 Å². The Bertz CT molecular complexity index is 486. The highest BCUT2D eigenvalue weighted by Gasteiger charge is 2.03. The molecule has 6 heteroatoms. The highest BCUT2D eigenvalue weighted by atomic mass is 35.5. The van der Waals surface area contributed by atoms with E-state index in [1.165, 1.54) is 10.7 Å². The number of H-pyrrole nitrogens is 1. The summed E-state index contributed by atoms with van der Waals surface area (Å²) in [5, 5.41) is 7.97. The van der Waals surface area contributed by atoms with Crippen LogP contribution in [0.4, 0.5) is 0 Å². The summed E-state index contributed by atoms with van der Waals surface area (Å²) in [6, 6.07) is 1.47. The molecule has 62 valence electrons. The van der Waals surface area contributed by atoms with Crippen molar-refractivity contribution in [3.8, 4) is 0 Å². The van der Waals surface area contributed by atoms with E-state index in [9.17, 15) is 4.79 Å². The predicted molar refractivity (Wildman–Crippen MR) is 43.4 cm³/mol. The van der Waals surface area contributed by atoms with Gasteiger partial charge in [0.2, 0.25) is 0 Å². The van der Waals surface area contributed by atoms with Gasteiger partial charge in [0.15, 0.2) is 10.7 Å². The monoisotopic (exact) mass is 184 g/mol. The predicted octanol–water partition coefficient (Wildman–Crippen LogP) is 0.379. The molecule has 0 saturated heterocycles. The van der Waals surface area contributed by atoms with Gasteiger partial charge in [-0.3, -0.25) is 4.79 Å². The van der Waals surface area contributed by atoms with Gasteiger partial charge in [0, 0.05) is 6.07 Å². The summed E-state index contributed by atoms with van der Waals surface area (Å²) in [7, 11) is 0. The van der Waals surface area contributed by atoms with E-state index in [4.69, 9.17) is 11.6 Å². The molecule has 0 atom stereocenters. The fourth-order valence-corrected chi connectivity index (χ4v) is 1.15. The minimum absolute atomic E-state index is 0.234. The van der Waals surface area contributed by atoms with Crippen molar-refractivity contribution in [2.24, 2.45) is 0 Å². The molecule has 5 nitrogen and oxygen atoms in total. The SMILES string of the molecule is Cc1nn2nc(Cl)cc2c(=O)[nH]1. The lowest BCUT2D eigenvalue weighted by atomic mass is 10.5. The van der Waals surface area contributed by atoms with Crippen LogP contribution in [0, 0.1) is 6.92 Å². The summed E-state index contributed by atoms with van der Waals surface area (Å²) in [6.07, 6.45) is 0. The Morgan fingerprint density at radius 2 is 2.33 bits per heavy atom. The third-order valence-electron chi connectivity index (χ3n) is 1.43. The zero-order valence-corrected chi connectivity index (χ0v) is 6.96. The summed E-state index contributed by atoms with van der Waals surface area (Å²) in [5.74, 6) is 0.507. The summed E-state index contributed by atoms with van der Waals surface area (Å²) in [6.45, 7) is 1.68. The third kappa shape index (κ3) is 0.984. The summed E-state index contributed by atoms with van der Waals surface area (Å²) < 4.78 is 1.22. The smallest absolute Gasteiger partial charge is 0.277 e. The minimum Gasteiger partial charge on any atom is -0.307 e. The lowest BCUT2D eigenvalue weighted by molar-refractivity contribution is 0.748. The number of aromatic amines is 1. The molecule has 0 bridgehead atoms. The second-order valence-electron chi connectivity index (χ2n) is 2.38. The van der Waals surface area contributed by atoms with E-state index < -0.39 is 0 Å². The van der Waals surface area contributed by atoms with Gasteiger partial charge in [-0.05, 0) is 6.92 Å². The molecule has 0 amide bonds. The normalized spacial score (nSPS) is 10.8. The van der Waals surface area contributed by atoms with Gasteiger partial charge in [0.1, 0.15) is 5.82 Å². The van der Waals surface area contributed by atoms with Crippen LogP contribution < -0.4 is 5.56 Å². The van der Waals surface area contributed by atoms with E-state index in [2.05, 4.69) is 15.2 Å². The molecule has 0 saturated carbocycles. The van der Waals surface area contributed by atoms with Gasteiger partial charge in [-0.25, -0.2) is 0 Å². The third-order valence-corrected chi connectivity index (χ3v) is 1.62. The van der Waals surface area contributed by atoms with Crippen LogP contribution in [0.25, 0.3) is 5.52 Å². The Hall–Kier alpha value is -1.36. The molecule has 0 unspecified atom stereocenters. The maximum absolute atomic E-state index is 11.2. The number of nitrogens with zero attached hydrogens (tertiary/aromatic N) is 3. The molecular weight excluding hydrogens is 180 g/mol. The van der Waals surface area contributed by atoms with Crippen LogP contribution in [0.1, 0.15) is 5.82 Å². The quantitative estimate of drug-likeness (QED) is 0.644. The maximum atomic E-state index is 11.2. The Kier molecular flexibility index (Phi) is 1.41. The van der Waals surface area contributed by atoms with Crippen molar-refractivity contribution < 1.29 is 0 Å². The van der Waals surface area contributed by atoms with Crippen LogP contribution >= 0.6 is 11.6 Å². The molecule has 2 aromatic rings. The summed E-state index contributed by atoms with van der Waals surface area (Å²) >= 11 is 5.58. The average molecular weight is 185 g/mol. The van der Waals surface area contributed by atoms with Crippen LogP contribution in [0.15, 0.2) is 10.9 Å². The number of aromatic nitrogens is 4. The summed E-state index contributed by atoms with van der Waals surface area (Å²) in [4.78, 5) is 13.7. The van der Waals surface area contributed by atoms with Crippen LogP contribution in [0.5, 0.6) is 0 Å². The van der Waals surface area contributed by atoms with Crippen LogP contribution in [0.2, 0.25) is 5.15 Å². The molecule has 12 heavy (non-hydrogen) atoms. The second kappa shape index (κ2) is 2.31. The first-order chi connectivity index (χ1) is 5.66. The maximum Gasteiger partial charge on any atom is 0.277 e. The lowest BCUT2D eigenvalue weighted by Crippen LogP contribution is -2.14. The highest BCUT2D eigenvalue weighted by Crippen LogP contribution is 2.05. The van der Waals surface area contributed by atoms with Gasteiger partial charge in [-0.2, -0.15) is 0 Å². The highest BCUT2D eigenvalue weighted by molar-refractivity contribution is 6.29. The first-order valence-corrected chi connectivity index (χ1v) is 3.67. The molecule has 2 aromatic heterocycles. The van der Waals surface area contributed by atoms with E-state index in [0.717, 1.165) is 0 Å². The number of rotatable bonds is 0. The van der Waals surface area contributed by atoms with Crippen molar-refractivity contribution in [3.05, 3.63) is 27.4 Å². The Morgan fingerprint density at radius 3 is 3.08 bits per heavy atom. The molecule has 1 N–H and O–H groups in total. The van der Waals surface area contributed by atoms with E-state index in [1.807, 2.05) is 0 Å². The second-order valence-corrected chi connectivity index (χ2v) is 2.77. The van der Waals surface area contributed by atoms with Gasteiger partial charge in [0.25, 0.3) is 5.56 Å². The number of hydrogen-bond donors (Lipinski definition) is 1. The number of nitrogens with one attached hydrogen (secondary N) is 1. The van der Waals surface area contributed by atoms with Crippen molar-refractivity contribution in [2.45, 2.75) is 6.92 Å².